The molecule has 0 unspecified atom stereocenters. The van der Waals surface area contributed by atoms with Crippen LogP contribution in [0, 0.1) is 6.92 Å². The van der Waals surface area contributed by atoms with Crippen LogP contribution in [0.25, 0.3) is 34.4 Å². The van der Waals surface area contributed by atoms with Gasteiger partial charge < -0.3 is 0 Å². The summed E-state index contributed by atoms with van der Waals surface area (Å²) in [7, 11) is 0. The fourth-order valence-corrected chi connectivity index (χ4v) is 3.31. The SMILES string of the molecule is Cc1ccc(-c2ccc(-c3ccc(C=Cc4ccc(S)cc4)cc3)cc2)cc1. The zero-order valence-corrected chi connectivity index (χ0v) is 16.7. The molecule has 0 saturated heterocycles. The van der Waals surface area contributed by atoms with Crippen LogP contribution in [0.3, 0.4) is 0 Å². The van der Waals surface area contributed by atoms with Gasteiger partial charge >= 0.3 is 0 Å². The number of hydrogen-bond donors (Lipinski definition) is 1. The van der Waals surface area contributed by atoms with E-state index in [1.165, 1.54) is 38.9 Å². The third-order valence-corrected chi connectivity index (χ3v) is 5.17. The summed E-state index contributed by atoms with van der Waals surface area (Å²) in [5.74, 6) is 0. The summed E-state index contributed by atoms with van der Waals surface area (Å²) in [6, 6.07) is 34.3. The second-order valence-corrected chi connectivity index (χ2v) is 7.51. The molecule has 0 aliphatic carbocycles. The molecule has 0 heterocycles. The zero-order chi connectivity index (χ0) is 19.3. The minimum atomic E-state index is 0.981. The Bertz CT molecular complexity index is 1070. The van der Waals surface area contributed by atoms with E-state index in [0.29, 0.717) is 0 Å². The van der Waals surface area contributed by atoms with Gasteiger partial charge in [-0.05, 0) is 52.4 Å². The molecule has 0 N–H and O–H groups in total. The lowest BCUT2D eigenvalue weighted by Gasteiger charge is -2.06. The second-order valence-electron chi connectivity index (χ2n) is 6.99. The maximum atomic E-state index is 4.32. The van der Waals surface area contributed by atoms with E-state index in [-0.39, 0.29) is 0 Å². The highest BCUT2D eigenvalue weighted by Crippen LogP contribution is 2.25. The van der Waals surface area contributed by atoms with E-state index in [0.717, 1.165) is 4.90 Å². The topological polar surface area (TPSA) is 0 Å². The monoisotopic (exact) mass is 378 g/mol. The molecule has 4 aromatic rings. The molecule has 0 aliphatic heterocycles. The van der Waals surface area contributed by atoms with Crippen molar-refractivity contribution >= 4 is 24.8 Å². The number of hydrogen-bond acceptors (Lipinski definition) is 1. The Morgan fingerprint density at radius 3 is 1.21 bits per heavy atom. The molecular weight excluding hydrogens is 356 g/mol. The van der Waals surface area contributed by atoms with E-state index in [9.17, 15) is 0 Å². The number of rotatable bonds is 4. The first-order chi connectivity index (χ1) is 13.7. The van der Waals surface area contributed by atoms with Crippen molar-refractivity contribution in [2.75, 3.05) is 0 Å². The Hall–Kier alpha value is -3.03. The molecule has 0 fully saturated rings. The fourth-order valence-electron chi connectivity index (χ4n) is 3.17. The molecule has 0 aliphatic rings. The van der Waals surface area contributed by atoms with Gasteiger partial charge in [-0.2, -0.15) is 0 Å². The van der Waals surface area contributed by atoms with E-state index in [4.69, 9.17) is 0 Å². The van der Waals surface area contributed by atoms with Crippen molar-refractivity contribution in [1.82, 2.24) is 0 Å². The maximum Gasteiger partial charge on any atom is 0.00403 e. The highest BCUT2D eigenvalue weighted by Gasteiger charge is 2.01. The standard InChI is InChI=1S/C27H22S/c1-20-2-10-23(11-3-20)25-14-16-26(17-15-25)24-12-6-21(7-13-24)4-5-22-8-18-27(28)19-9-22/h2-19,28H,1H3. The number of aryl methyl sites for hydroxylation is 1. The van der Waals surface area contributed by atoms with Crippen LogP contribution < -0.4 is 0 Å². The molecule has 4 aromatic carbocycles. The molecule has 0 bridgehead atoms. The Labute approximate surface area is 172 Å². The first-order valence-corrected chi connectivity index (χ1v) is 9.87. The van der Waals surface area contributed by atoms with Crippen molar-refractivity contribution in [2.45, 2.75) is 11.8 Å². The predicted molar refractivity (Wildman–Crippen MR) is 125 cm³/mol. The summed E-state index contributed by atoms with van der Waals surface area (Å²) in [5, 5.41) is 0. The lowest BCUT2D eigenvalue weighted by molar-refractivity contribution is 1.46. The lowest BCUT2D eigenvalue weighted by Crippen LogP contribution is -1.81. The normalized spacial score (nSPS) is 11.1. The largest absolute Gasteiger partial charge is 0.143 e. The highest BCUT2D eigenvalue weighted by atomic mass is 32.1. The van der Waals surface area contributed by atoms with Gasteiger partial charge in [0, 0.05) is 4.90 Å². The summed E-state index contributed by atoms with van der Waals surface area (Å²) in [6.45, 7) is 2.11. The van der Waals surface area contributed by atoms with E-state index < -0.39 is 0 Å². The van der Waals surface area contributed by atoms with Crippen molar-refractivity contribution in [1.29, 1.82) is 0 Å². The number of thiol groups is 1. The first-order valence-electron chi connectivity index (χ1n) is 9.42. The molecule has 0 aromatic heterocycles. The maximum absolute atomic E-state index is 4.32. The van der Waals surface area contributed by atoms with Gasteiger partial charge in [-0.15, -0.1) is 12.6 Å². The van der Waals surface area contributed by atoms with E-state index >= 15 is 0 Å². The molecule has 0 saturated carbocycles. The molecule has 0 amide bonds. The molecular formula is C27H22S. The van der Waals surface area contributed by atoms with Crippen molar-refractivity contribution < 1.29 is 0 Å². The highest BCUT2D eigenvalue weighted by molar-refractivity contribution is 7.80. The van der Waals surface area contributed by atoms with Crippen LogP contribution in [0.4, 0.5) is 0 Å². The van der Waals surface area contributed by atoms with Crippen LogP contribution >= 0.6 is 12.6 Å². The van der Waals surface area contributed by atoms with Crippen LogP contribution in [-0.4, -0.2) is 0 Å². The van der Waals surface area contributed by atoms with Gasteiger partial charge in [-0.25, -0.2) is 0 Å². The Morgan fingerprint density at radius 1 is 0.464 bits per heavy atom. The minimum Gasteiger partial charge on any atom is -0.143 e. The lowest BCUT2D eigenvalue weighted by atomic mass is 9.99. The molecule has 4 rings (SSSR count). The average Bonchev–Trinajstić information content (AvgIpc) is 2.74. The van der Waals surface area contributed by atoms with Gasteiger partial charge in [-0.3, -0.25) is 0 Å². The Kier molecular flexibility index (Phi) is 5.45. The van der Waals surface area contributed by atoms with Crippen LogP contribution in [0.1, 0.15) is 16.7 Å². The summed E-state index contributed by atoms with van der Waals surface area (Å²) < 4.78 is 0. The third kappa shape index (κ3) is 4.44. The summed E-state index contributed by atoms with van der Waals surface area (Å²) in [4.78, 5) is 0.981. The minimum absolute atomic E-state index is 0.981. The van der Waals surface area contributed by atoms with Crippen molar-refractivity contribution in [2.24, 2.45) is 0 Å². The molecule has 136 valence electrons. The van der Waals surface area contributed by atoms with Gasteiger partial charge in [0.1, 0.15) is 0 Å². The van der Waals surface area contributed by atoms with Crippen LogP contribution in [-0.2, 0) is 0 Å². The molecule has 28 heavy (non-hydrogen) atoms. The summed E-state index contributed by atoms with van der Waals surface area (Å²) >= 11 is 4.32. The Morgan fingerprint density at radius 2 is 0.786 bits per heavy atom. The molecule has 0 spiro atoms. The average molecular weight is 379 g/mol. The van der Waals surface area contributed by atoms with Gasteiger partial charge in [0.15, 0.2) is 0 Å². The predicted octanol–water partition coefficient (Wildman–Crippen LogP) is 7.79. The summed E-state index contributed by atoms with van der Waals surface area (Å²) in [5.41, 5.74) is 8.61. The van der Waals surface area contributed by atoms with Crippen LogP contribution in [0.2, 0.25) is 0 Å². The summed E-state index contributed by atoms with van der Waals surface area (Å²) in [6.07, 6.45) is 4.26. The smallest absolute Gasteiger partial charge is 0.00403 e. The van der Waals surface area contributed by atoms with E-state index in [1.807, 2.05) is 12.1 Å². The third-order valence-electron chi connectivity index (χ3n) is 4.88. The first kappa shape index (κ1) is 18.3. The Balaban J connectivity index is 1.49. The molecule has 0 nitrogen and oxygen atoms in total. The quantitative estimate of drug-likeness (QED) is 0.272. The van der Waals surface area contributed by atoms with E-state index in [1.54, 1.807) is 0 Å². The molecule has 0 radical (unpaired) electrons. The van der Waals surface area contributed by atoms with Crippen molar-refractivity contribution in [3.63, 3.8) is 0 Å². The zero-order valence-electron chi connectivity index (χ0n) is 15.8. The van der Waals surface area contributed by atoms with Crippen LogP contribution in [0.5, 0.6) is 0 Å². The van der Waals surface area contributed by atoms with Gasteiger partial charge in [0.2, 0.25) is 0 Å². The van der Waals surface area contributed by atoms with Crippen LogP contribution in [0.15, 0.2) is 102 Å². The molecule has 1 heteroatoms. The van der Waals surface area contributed by atoms with Gasteiger partial charge in [-0.1, -0.05) is 103 Å². The fraction of sp³-hybridized carbons (Fsp3) is 0.0370. The van der Waals surface area contributed by atoms with Gasteiger partial charge in [0.05, 0.1) is 0 Å². The van der Waals surface area contributed by atoms with Crippen molar-refractivity contribution in [3.8, 4) is 22.3 Å². The van der Waals surface area contributed by atoms with Crippen molar-refractivity contribution in [3.05, 3.63) is 114 Å². The number of benzene rings is 4. The van der Waals surface area contributed by atoms with E-state index in [2.05, 4.69) is 117 Å². The molecule has 0 atom stereocenters. The second kappa shape index (κ2) is 8.33. The van der Waals surface area contributed by atoms with Gasteiger partial charge in [0.25, 0.3) is 0 Å².